The highest BCUT2D eigenvalue weighted by atomic mass is 16.3. The van der Waals surface area contributed by atoms with Crippen molar-refractivity contribution in [2.75, 3.05) is 13.6 Å². The van der Waals surface area contributed by atoms with Crippen molar-refractivity contribution in [1.82, 2.24) is 19.7 Å². The van der Waals surface area contributed by atoms with Crippen molar-refractivity contribution >= 4 is 16.9 Å². The molecule has 6 nitrogen and oxygen atoms in total. The van der Waals surface area contributed by atoms with Crippen LogP contribution in [-0.4, -0.2) is 50.4 Å². The van der Waals surface area contributed by atoms with Crippen LogP contribution in [0.5, 0.6) is 0 Å². The average Bonchev–Trinajstić information content (AvgIpc) is 3.26. The number of aliphatic hydroxyl groups is 1. The molecule has 1 N–H and O–H groups in total. The molecule has 0 aliphatic heterocycles. The molecule has 1 fully saturated rings. The molecule has 1 aliphatic carbocycles. The van der Waals surface area contributed by atoms with Gasteiger partial charge < -0.3 is 10.0 Å². The number of aromatic nitrogens is 3. The number of carbonyl (C=O) groups is 1. The Morgan fingerprint density at radius 1 is 1.48 bits per heavy atom. The van der Waals surface area contributed by atoms with E-state index in [9.17, 15) is 9.90 Å². The standard InChI is InChI=1S/C17H24N4O2/c1-10(2)21-16-13(8-18-21)7-14(11(3)19-16)17(23)20(4)9-15(22)12-5-6-12/h7-8,10,12,15,22H,5-6,9H2,1-4H3. The van der Waals surface area contributed by atoms with Gasteiger partial charge in [0.15, 0.2) is 5.65 Å². The van der Waals surface area contributed by atoms with Gasteiger partial charge in [0.25, 0.3) is 5.91 Å². The number of aryl methyl sites for hydroxylation is 1. The topological polar surface area (TPSA) is 71.2 Å². The van der Waals surface area contributed by atoms with Gasteiger partial charge in [0.1, 0.15) is 0 Å². The Morgan fingerprint density at radius 2 is 2.17 bits per heavy atom. The minimum atomic E-state index is -0.426. The third-order valence-electron chi connectivity index (χ3n) is 4.45. The van der Waals surface area contributed by atoms with Gasteiger partial charge in [-0.3, -0.25) is 4.79 Å². The van der Waals surface area contributed by atoms with Gasteiger partial charge in [0.2, 0.25) is 0 Å². The van der Waals surface area contributed by atoms with Crippen LogP contribution in [0.4, 0.5) is 0 Å². The number of hydrogen-bond donors (Lipinski definition) is 1. The van der Waals surface area contributed by atoms with E-state index in [1.165, 1.54) is 0 Å². The Labute approximate surface area is 136 Å². The molecule has 0 spiro atoms. The summed E-state index contributed by atoms with van der Waals surface area (Å²) in [6.45, 7) is 6.31. The van der Waals surface area contributed by atoms with E-state index in [-0.39, 0.29) is 11.9 Å². The summed E-state index contributed by atoms with van der Waals surface area (Å²) in [7, 11) is 1.73. The van der Waals surface area contributed by atoms with Crippen LogP contribution in [0.1, 0.15) is 48.8 Å². The lowest BCUT2D eigenvalue weighted by molar-refractivity contribution is 0.0644. The van der Waals surface area contributed by atoms with Gasteiger partial charge in [0, 0.05) is 25.0 Å². The minimum absolute atomic E-state index is 0.103. The summed E-state index contributed by atoms with van der Waals surface area (Å²) in [5.74, 6) is 0.255. The van der Waals surface area contributed by atoms with Gasteiger partial charge in [-0.15, -0.1) is 0 Å². The Balaban J connectivity index is 1.86. The predicted molar refractivity (Wildman–Crippen MR) is 88.3 cm³/mol. The lowest BCUT2D eigenvalue weighted by atomic mass is 10.1. The zero-order chi connectivity index (χ0) is 16.7. The van der Waals surface area contributed by atoms with Crippen LogP contribution in [0.15, 0.2) is 12.3 Å². The normalized spacial score (nSPS) is 16.1. The third-order valence-corrected chi connectivity index (χ3v) is 4.45. The van der Waals surface area contributed by atoms with Gasteiger partial charge in [-0.25, -0.2) is 9.67 Å². The molecule has 1 amide bonds. The maximum Gasteiger partial charge on any atom is 0.255 e. The summed E-state index contributed by atoms with van der Waals surface area (Å²) >= 11 is 0. The lowest BCUT2D eigenvalue weighted by Crippen LogP contribution is -2.35. The number of rotatable bonds is 5. The smallest absolute Gasteiger partial charge is 0.255 e. The summed E-state index contributed by atoms with van der Waals surface area (Å²) in [4.78, 5) is 18.8. The van der Waals surface area contributed by atoms with E-state index in [0.717, 1.165) is 23.9 Å². The Bertz CT molecular complexity index is 734. The molecular formula is C17H24N4O2. The van der Waals surface area contributed by atoms with Crippen molar-refractivity contribution < 1.29 is 9.90 Å². The maximum atomic E-state index is 12.7. The quantitative estimate of drug-likeness (QED) is 0.917. The highest BCUT2D eigenvalue weighted by molar-refractivity contribution is 5.98. The molecule has 0 bridgehead atoms. The summed E-state index contributed by atoms with van der Waals surface area (Å²) < 4.78 is 1.86. The lowest BCUT2D eigenvalue weighted by Gasteiger charge is -2.21. The molecule has 1 atom stereocenters. The summed E-state index contributed by atoms with van der Waals surface area (Å²) in [6, 6.07) is 2.07. The van der Waals surface area contributed by atoms with Crippen LogP contribution in [0, 0.1) is 12.8 Å². The van der Waals surface area contributed by atoms with Crippen molar-refractivity contribution in [3.05, 3.63) is 23.5 Å². The molecular weight excluding hydrogens is 292 g/mol. The number of hydrogen-bond acceptors (Lipinski definition) is 4. The summed E-state index contributed by atoms with van der Waals surface area (Å²) in [5.41, 5.74) is 2.07. The van der Waals surface area contributed by atoms with Gasteiger partial charge in [-0.05, 0) is 45.6 Å². The first-order valence-electron chi connectivity index (χ1n) is 8.17. The molecule has 23 heavy (non-hydrogen) atoms. The van der Waals surface area contributed by atoms with Crippen LogP contribution in [0.2, 0.25) is 0 Å². The molecule has 0 saturated heterocycles. The molecule has 2 heterocycles. The Morgan fingerprint density at radius 3 is 2.78 bits per heavy atom. The fourth-order valence-corrected chi connectivity index (χ4v) is 2.86. The minimum Gasteiger partial charge on any atom is -0.391 e. The number of likely N-dealkylation sites (N-methyl/N-ethyl adjacent to an activating group) is 1. The van der Waals surface area contributed by atoms with Gasteiger partial charge in [0.05, 0.1) is 23.6 Å². The van der Waals surface area contributed by atoms with Gasteiger partial charge >= 0.3 is 0 Å². The van der Waals surface area contributed by atoms with Crippen LogP contribution >= 0.6 is 0 Å². The molecule has 6 heteroatoms. The highest BCUT2D eigenvalue weighted by Gasteiger charge is 2.31. The van der Waals surface area contributed by atoms with E-state index in [4.69, 9.17) is 0 Å². The van der Waals surface area contributed by atoms with Crippen LogP contribution in [-0.2, 0) is 0 Å². The van der Waals surface area contributed by atoms with Crippen LogP contribution in [0.3, 0.4) is 0 Å². The van der Waals surface area contributed by atoms with E-state index >= 15 is 0 Å². The summed E-state index contributed by atoms with van der Waals surface area (Å²) in [5, 5.41) is 15.3. The molecule has 2 aromatic heterocycles. The van der Waals surface area contributed by atoms with Crippen LogP contribution < -0.4 is 0 Å². The first-order chi connectivity index (χ1) is 10.9. The predicted octanol–water partition coefficient (Wildman–Crippen LogP) is 2.16. The van der Waals surface area contributed by atoms with Crippen molar-refractivity contribution in [2.24, 2.45) is 5.92 Å². The average molecular weight is 316 g/mol. The molecule has 2 aromatic rings. The fraction of sp³-hybridized carbons (Fsp3) is 0.588. The van der Waals surface area contributed by atoms with E-state index in [2.05, 4.69) is 23.9 Å². The molecule has 0 radical (unpaired) electrons. The first-order valence-corrected chi connectivity index (χ1v) is 8.17. The van der Waals surface area contributed by atoms with E-state index < -0.39 is 6.10 Å². The summed E-state index contributed by atoms with van der Waals surface area (Å²) in [6.07, 6.45) is 3.44. The molecule has 1 unspecified atom stereocenters. The zero-order valence-electron chi connectivity index (χ0n) is 14.2. The zero-order valence-corrected chi connectivity index (χ0v) is 14.2. The SMILES string of the molecule is Cc1nc2c(cnn2C(C)C)cc1C(=O)N(C)CC(O)C1CC1. The Kier molecular flexibility index (Phi) is 4.10. The third kappa shape index (κ3) is 3.08. The number of amides is 1. The monoisotopic (exact) mass is 316 g/mol. The van der Waals surface area contributed by atoms with Crippen molar-refractivity contribution in [2.45, 2.75) is 45.8 Å². The number of carbonyl (C=O) groups excluding carboxylic acids is 1. The highest BCUT2D eigenvalue weighted by Crippen LogP contribution is 2.33. The number of aliphatic hydroxyl groups excluding tert-OH is 1. The van der Waals surface area contributed by atoms with Crippen molar-refractivity contribution in [3.8, 4) is 0 Å². The fourth-order valence-electron chi connectivity index (χ4n) is 2.86. The van der Waals surface area contributed by atoms with Gasteiger partial charge in [-0.2, -0.15) is 5.10 Å². The number of nitrogens with zero attached hydrogens (tertiary/aromatic N) is 4. The molecule has 1 saturated carbocycles. The number of fused-ring (bicyclic) bond motifs is 1. The second-order valence-corrected chi connectivity index (χ2v) is 6.81. The van der Waals surface area contributed by atoms with E-state index in [0.29, 0.717) is 23.7 Å². The van der Waals surface area contributed by atoms with E-state index in [1.54, 1.807) is 18.1 Å². The molecule has 3 rings (SSSR count). The van der Waals surface area contributed by atoms with Crippen molar-refractivity contribution in [1.29, 1.82) is 0 Å². The molecule has 124 valence electrons. The maximum absolute atomic E-state index is 12.7. The second kappa shape index (κ2) is 5.92. The Hall–Kier alpha value is -1.95. The van der Waals surface area contributed by atoms with E-state index in [1.807, 2.05) is 17.7 Å². The molecule has 0 aromatic carbocycles. The van der Waals surface area contributed by atoms with Gasteiger partial charge in [-0.1, -0.05) is 0 Å². The second-order valence-electron chi connectivity index (χ2n) is 6.81. The first kappa shape index (κ1) is 15.9. The van der Waals surface area contributed by atoms with Crippen LogP contribution in [0.25, 0.3) is 11.0 Å². The number of pyridine rings is 1. The van der Waals surface area contributed by atoms with Crippen molar-refractivity contribution in [3.63, 3.8) is 0 Å². The largest absolute Gasteiger partial charge is 0.391 e. The molecule has 1 aliphatic rings.